The van der Waals surface area contributed by atoms with E-state index in [1.54, 1.807) is 24.5 Å². The zero-order valence-corrected chi connectivity index (χ0v) is 11.8. The van der Waals surface area contributed by atoms with Crippen molar-refractivity contribution in [2.75, 3.05) is 0 Å². The molecule has 0 saturated carbocycles. The topological polar surface area (TPSA) is 128 Å². The number of nitrogens with one attached hydrogen (secondary N) is 1. The Kier molecular flexibility index (Phi) is 4.92. The van der Waals surface area contributed by atoms with Crippen LogP contribution in [0.3, 0.4) is 0 Å². The molecule has 0 atom stereocenters. The SMILES string of the molecule is O=C(Cc1ccc([N+](=O)[O-])cc1[N+](=O)[O-])NCc1cccnc1. The molecule has 0 saturated heterocycles. The van der Waals surface area contributed by atoms with Crippen molar-refractivity contribution >= 4 is 17.3 Å². The number of hydrogen-bond acceptors (Lipinski definition) is 6. The van der Waals surface area contributed by atoms with E-state index in [0.29, 0.717) is 0 Å². The molecule has 1 aromatic heterocycles. The molecule has 1 aromatic carbocycles. The molecule has 0 spiro atoms. The average Bonchev–Trinajstić information content (AvgIpc) is 2.54. The molecule has 0 unspecified atom stereocenters. The van der Waals surface area contributed by atoms with Gasteiger partial charge in [0.25, 0.3) is 11.4 Å². The molecule has 1 N–H and O–H groups in total. The number of aromatic nitrogens is 1. The second-order valence-electron chi connectivity index (χ2n) is 4.64. The van der Waals surface area contributed by atoms with Gasteiger partial charge in [-0.1, -0.05) is 6.07 Å². The number of pyridine rings is 1. The van der Waals surface area contributed by atoms with Crippen LogP contribution >= 0.6 is 0 Å². The fourth-order valence-corrected chi connectivity index (χ4v) is 1.92. The summed E-state index contributed by atoms with van der Waals surface area (Å²) in [5.74, 6) is -0.425. The fourth-order valence-electron chi connectivity index (χ4n) is 1.92. The summed E-state index contributed by atoms with van der Waals surface area (Å²) in [6.07, 6.45) is 2.95. The normalized spacial score (nSPS) is 10.1. The Balaban J connectivity index is 2.08. The highest BCUT2D eigenvalue weighted by Crippen LogP contribution is 2.25. The van der Waals surface area contributed by atoms with E-state index in [0.717, 1.165) is 17.7 Å². The molecule has 118 valence electrons. The average molecular weight is 316 g/mol. The summed E-state index contributed by atoms with van der Waals surface area (Å²) in [5.41, 5.74) is 0.0651. The Labute approximate surface area is 130 Å². The number of carbonyl (C=O) groups excluding carboxylic acids is 1. The number of non-ortho nitro benzene ring substituents is 1. The molecule has 0 fully saturated rings. The Morgan fingerprint density at radius 3 is 2.57 bits per heavy atom. The summed E-state index contributed by atoms with van der Waals surface area (Å²) in [7, 11) is 0. The number of hydrogen-bond donors (Lipinski definition) is 1. The largest absolute Gasteiger partial charge is 0.352 e. The van der Waals surface area contributed by atoms with Crippen LogP contribution in [0.1, 0.15) is 11.1 Å². The molecule has 0 aliphatic heterocycles. The van der Waals surface area contributed by atoms with Crippen LogP contribution in [0.5, 0.6) is 0 Å². The quantitative estimate of drug-likeness (QED) is 0.638. The van der Waals surface area contributed by atoms with Crippen LogP contribution in [0, 0.1) is 20.2 Å². The highest BCUT2D eigenvalue weighted by atomic mass is 16.6. The van der Waals surface area contributed by atoms with Crippen molar-refractivity contribution in [1.29, 1.82) is 0 Å². The first-order valence-electron chi connectivity index (χ1n) is 6.54. The summed E-state index contributed by atoms with van der Waals surface area (Å²) in [6.45, 7) is 0.244. The summed E-state index contributed by atoms with van der Waals surface area (Å²) in [6, 6.07) is 6.71. The minimum atomic E-state index is -0.739. The molecule has 0 aliphatic carbocycles. The van der Waals surface area contributed by atoms with Crippen molar-refractivity contribution in [2.45, 2.75) is 13.0 Å². The van der Waals surface area contributed by atoms with Crippen LogP contribution in [0.25, 0.3) is 0 Å². The van der Waals surface area contributed by atoms with Crippen molar-refractivity contribution in [2.24, 2.45) is 0 Å². The van der Waals surface area contributed by atoms with E-state index in [2.05, 4.69) is 10.3 Å². The third kappa shape index (κ3) is 4.30. The van der Waals surface area contributed by atoms with Crippen LogP contribution in [-0.4, -0.2) is 20.7 Å². The maximum atomic E-state index is 11.9. The predicted octanol–water partition coefficient (Wildman–Crippen LogP) is 1.76. The molecular formula is C14H12N4O5. The van der Waals surface area contributed by atoms with Gasteiger partial charge < -0.3 is 5.32 Å². The molecule has 9 nitrogen and oxygen atoms in total. The number of rotatable bonds is 6. The molecule has 2 aromatic rings. The van der Waals surface area contributed by atoms with E-state index in [1.807, 2.05) is 0 Å². The fraction of sp³-hybridized carbons (Fsp3) is 0.143. The predicted molar refractivity (Wildman–Crippen MR) is 79.5 cm³/mol. The second kappa shape index (κ2) is 7.07. The molecule has 2 rings (SSSR count). The van der Waals surface area contributed by atoms with Gasteiger partial charge in [-0.25, -0.2) is 0 Å². The standard InChI is InChI=1S/C14H12N4O5/c19-14(16-9-10-2-1-5-15-8-10)6-11-3-4-12(17(20)21)7-13(11)18(22)23/h1-5,7-8H,6,9H2,(H,16,19). The lowest BCUT2D eigenvalue weighted by Crippen LogP contribution is -2.24. The van der Waals surface area contributed by atoms with Crippen LogP contribution in [0.4, 0.5) is 11.4 Å². The van der Waals surface area contributed by atoms with Gasteiger partial charge in [0.15, 0.2) is 0 Å². The minimum absolute atomic E-state index is 0.115. The second-order valence-corrected chi connectivity index (χ2v) is 4.64. The Bertz CT molecular complexity index is 748. The summed E-state index contributed by atoms with van der Waals surface area (Å²) in [4.78, 5) is 36.0. The number of benzene rings is 1. The number of amides is 1. The number of nitro benzene ring substituents is 2. The minimum Gasteiger partial charge on any atom is -0.352 e. The van der Waals surface area contributed by atoms with E-state index < -0.39 is 27.1 Å². The van der Waals surface area contributed by atoms with Crippen molar-refractivity contribution < 1.29 is 14.6 Å². The molecule has 0 aliphatic rings. The molecule has 0 bridgehead atoms. The Hall–Kier alpha value is -3.36. The molecule has 1 heterocycles. The van der Waals surface area contributed by atoms with Gasteiger partial charge in [0, 0.05) is 30.6 Å². The van der Waals surface area contributed by atoms with Crippen LogP contribution in [0.15, 0.2) is 42.7 Å². The van der Waals surface area contributed by atoms with Crippen molar-refractivity contribution in [3.8, 4) is 0 Å². The Morgan fingerprint density at radius 1 is 1.17 bits per heavy atom. The van der Waals surface area contributed by atoms with Gasteiger partial charge >= 0.3 is 0 Å². The lowest BCUT2D eigenvalue weighted by atomic mass is 10.1. The molecular weight excluding hydrogens is 304 g/mol. The van der Waals surface area contributed by atoms with Crippen LogP contribution in [0.2, 0.25) is 0 Å². The molecule has 9 heteroatoms. The smallest absolute Gasteiger partial charge is 0.279 e. The zero-order valence-electron chi connectivity index (χ0n) is 11.8. The summed E-state index contributed by atoms with van der Waals surface area (Å²) >= 11 is 0. The lowest BCUT2D eigenvalue weighted by Gasteiger charge is -2.06. The highest BCUT2D eigenvalue weighted by molar-refractivity contribution is 5.80. The van der Waals surface area contributed by atoms with Crippen molar-refractivity contribution in [1.82, 2.24) is 10.3 Å². The van der Waals surface area contributed by atoms with E-state index in [1.165, 1.54) is 6.07 Å². The molecule has 1 amide bonds. The third-order valence-electron chi connectivity index (χ3n) is 3.04. The van der Waals surface area contributed by atoms with E-state index in [4.69, 9.17) is 0 Å². The molecule has 23 heavy (non-hydrogen) atoms. The summed E-state index contributed by atoms with van der Waals surface area (Å²) in [5, 5.41) is 24.3. The number of nitro groups is 2. The van der Waals surface area contributed by atoms with Gasteiger partial charge in [-0.2, -0.15) is 0 Å². The van der Waals surface area contributed by atoms with E-state index in [-0.39, 0.29) is 18.5 Å². The van der Waals surface area contributed by atoms with Crippen molar-refractivity contribution in [3.05, 3.63) is 74.1 Å². The maximum Gasteiger partial charge on any atom is 0.279 e. The monoisotopic (exact) mass is 316 g/mol. The number of carbonyl (C=O) groups is 1. The summed E-state index contributed by atoms with van der Waals surface area (Å²) < 4.78 is 0. The van der Waals surface area contributed by atoms with Gasteiger partial charge in [-0.15, -0.1) is 0 Å². The first-order chi connectivity index (χ1) is 11.0. The van der Waals surface area contributed by atoms with Crippen LogP contribution in [-0.2, 0) is 17.8 Å². The highest BCUT2D eigenvalue weighted by Gasteiger charge is 2.20. The zero-order chi connectivity index (χ0) is 16.8. The van der Waals surface area contributed by atoms with Gasteiger partial charge in [0.2, 0.25) is 5.91 Å². The maximum absolute atomic E-state index is 11.9. The third-order valence-corrected chi connectivity index (χ3v) is 3.04. The van der Waals surface area contributed by atoms with Gasteiger partial charge in [-0.3, -0.25) is 30.0 Å². The first-order valence-corrected chi connectivity index (χ1v) is 6.54. The van der Waals surface area contributed by atoms with Gasteiger partial charge in [-0.05, 0) is 17.7 Å². The van der Waals surface area contributed by atoms with E-state index in [9.17, 15) is 25.0 Å². The molecule has 0 radical (unpaired) electrons. The van der Waals surface area contributed by atoms with Gasteiger partial charge in [0.05, 0.1) is 22.3 Å². The number of nitrogens with zero attached hydrogens (tertiary/aromatic N) is 3. The first kappa shape index (κ1) is 16.0. The Morgan fingerprint density at radius 2 is 1.96 bits per heavy atom. The van der Waals surface area contributed by atoms with E-state index >= 15 is 0 Å². The van der Waals surface area contributed by atoms with Crippen molar-refractivity contribution in [3.63, 3.8) is 0 Å². The van der Waals surface area contributed by atoms with Gasteiger partial charge in [0.1, 0.15) is 0 Å². The van der Waals surface area contributed by atoms with Crippen LogP contribution < -0.4 is 5.32 Å². The lowest BCUT2D eigenvalue weighted by molar-refractivity contribution is -0.394.